The first-order valence-electron chi connectivity index (χ1n) is 7.87. The summed E-state index contributed by atoms with van der Waals surface area (Å²) < 4.78 is 5.21. The van der Waals surface area contributed by atoms with Crippen molar-refractivity contribution in [2.75, 3.05) is 6.61 Å². The monoisotopic (exact) mass is 367 g/mol. The van der Waals surface area contributed by atoms with Crippen LogP contribution in [0.15, 0.2) is 58.4 Å². The van der Waals surface area contributed by atoms with E-state index >= 15 is 0 Å². The van der Waals surface area contributed by atoms with Gasteiger partial charge in [-0.1, -0.05) is 24.3 Å². The van der Waals surface area contributed by atoms with Crippen molar-refractivity contribution in [1.82, 2.24) is 5.32 Å². The molecule has 132 valence electrons. The summed E-state index contributed by atoms with van der Waals surface area (Å²) in [7, 11) is 0. The van der Waals surface area contributed by atoms with Gasteiger partial charge in [0.05, 0.1) is 10.6 Å². The van der Waals surface area contributed by atoms with Crippen molar-refractivity contribution in [3.05, 3.63) is 64.6 Å². The number of amidine groups is 1. The number of rotatable bonds is 5. The molecule has 0 atom stereocenters. The molecule has 0 unspecified atom stereocenters. The number of thioether (sulfide) groups is 1. The smallest absolute Gasteiger partial charge is 0.264 e. The molecule has 6 nitrogen and oxygen atoms in total. The number of carbonyl (C=O) groups excluding carboxylic acids is 2. The van der Waals surface area contributed by atoms with Crippen LogP contribution >= 0.6 is 11.8 Å². The standard InChI is InChI=1S/C19H17N3O3S/c1-12-3-2-4-14(9-12)21-19-22-18(24)16(26-19)10-13-5-7-15(8-6-13)25-11-17(20)23/h2-10H,11H2,1H3,(H2,20,23)(H,21,22,24). The van der Waals surface area contributed by atoms with Gasteiger partial charge >= 0.3 is 0 Å². The summed E-state index contributed by atoms with van der Waals surface area (Å²) in [5.41, 5.74) is 7.78. The highest BCUT2D eigenvalue weighted by Gasteiger charge is 2.23. The first-order valence-corrected chi connectivity index (χ1v) is 8.69. The van der Waals surface area contributed by atoms with Gasteiger partial charge < -0.3 is 15.8 Å². The summed E-state index contributed by atoms with van der Waals surface area (Å²) in [6.07, 6.45) is 1.77. The van der Waals surface area contributed by atoms with E-state index in [-0.39, 0.29) is 12.5 Å². The molecule has 1 saturated heterocycles. The van der Waals surface area contributed by atoms with Crippen molar-refractivity contribution in [2.45, 2.75) is 6.92 Å². The number of carbonyl (C=O) groups is 2. The molecule has 0 spiro atoms. The number of primary amides is 1. The molecular weight excluding hydrogens is 350 g/mol. The number of nitrogens with one attached hydrogen (secondary N) is 1. The number of amides is 2. The number of hydrogen-bond donors (Lipinski definition) is 2. The Hall–Kier alpha value is -3.06. The van der Waals surface area contributed by atoms with E-state index in [1.807, 2.05) is 31.2 Å². The fourth-order valence-electron chi connectivity index (χ4n) is 2.26. The zero-order chi connectivity index (χ0) is 18.5. The molecule has 1 aliphatic heterocycles. The molecule has 1 fully saturated rings. The van der Waals surface area contributed by atoms with Crippen LogP contribution in [-0.2, 0) is 9.59 Å². The second-order valence-corrected chi connectivity index (χ2v) is 6.68. The second-order valence-electron chi connectivity index (χ2n) is 5.64. The van der Waals surface area contributed by atoms with Gasteiger partial charge in [-0.2, -0.15) is 0 Å². The van der Waals surface area contributed by atoms with Gasteiger partial charge in [0.15, 0.2) is 11.8 Å². The summed E-state index contributed by atoms with van der Waals surface area (Å²) >= 11 is 1.29. The van der Waals surface area contributed by atoms with Crippen LogP contribution in [0.2, 0.25) is 0 Å². The molecule has 0 bridgehead atoms. The number of aryl methyl sites for hydroxylation is 1. The molecule has 0 aliphatic carbocycles. The SMILES string of the molecule is Cc1cccc(N=C2NC(=O)C(=Cc3ccc(OCC(N)=O)cc3)S2)c1. The quantitative estimate of drug-likeness (QED) is 0.795. The fourth-order valence-corrected chi connectivity index (χ4v) is 3.10. The Balaban J connectivity index is 1.71. The highest BCUT2D eigenvalue weighted by molar-refractivity contribution is 8.18. The third kappa shape index (κ3) is 4.73. The van der Waals surface area contributed by atoms with E-state index in [1.165, 1.54) is 11.8 Å². The molecule has 0 aromatic heterocycles. The lowest BCUT2D eigenvalue weighted by Crippen LogP contribution is -2.20. The summed E-state index contributed by atoms with van der Waals surface area (Å²) in [5.74, 6) is -0.178. The van der Waals surface area contributed by atoms with Crippen molar-refractivity contribution in [3.63, 3.8) is 0 Å². The Morgan fingerprint density at radius 2 is 2.04 bits per heavy atom. The van der Waals surface area contributed by atoms with Crippen molar-refractivity contribution in [1.29, 1.82) is 0 Å². The number of aliphatic imine (C=N–C) groups is 1. The number of nitrogens with two attached hydrogens (primary N) is 1. The Morgan fingerprint density at radius 1 is 1.27 bits per heavy atom. The van der Waals surface area contributed by atoms with Gasteiger partial charge in [-0.3, -0.25) is 9.59 Å². The van der Waals surface area contributed by atoms with E-state index < -0.39 is 5.91 Å². The van der Waals surface area contributed by atoms with E-state index in [9.17, 15) is 9.59 Å². The minimum atomic E-state index is -0.532. The Bertz CT molecular complexity index is 905. The van der Waals surface area contributed by atoms with Crippen molar-refractivity contribution in [2.24, 2.45) is 10.7 Å². The molecule has 26 heavy (non-hydrogen) atoms. The maximum atomic E-state index is 12.1. The Kier molecular flexibility index (Phi) is 5.38. The summed E-state index contributed by atoms with van der Waals surface area (Å²) in [4.78, 5) is 27.9. The third-order valence-corrected chi connectivity index (χ3v) is 4.35. The number of hydrogen-bond acceptors (Lipinski definition) is 5. The van der Waals surface area contributed by atoms with Crippen LogP contribution in [0.5, 0.6) is 5.75 Å². The lowest BCUT2D eigenvalue weighted by Gasteiger charge is -2.03. The van der Waals surface area contributed by atoms with Crippen molar-refractivity contribution >= 4 is 40.5 Å². The minimum Gasteiger partial charge on any atom is -0.484 e. The Labute approximate surface area is 155 Å². The highest BCUT2D eigenvalue weighted by atomic mass is 32.2. The van der Waals surface area contributed by atoms with Crippen LogP contribution in [0.4, 0.5) is 5.69 Å². The maximum absolute atomic E-state index is 12.1. The summed E-state index contributed by atoms with van der Waals surface area (Å²) in [5, 5.41) is 3.32. The minimum absolute atomic E-state index is 0.169. The molecular formula is C19H17N3O3S. The van der Waals surface area contributed by atoms with E-state index in [4.69, 9.17) is 10.5 Å². The summed E-state index contributed by atoms with van der Waals surface area (Å²) in [6.45, 7) is 1.82. The van der Waals surface area contributed by atoms with Gasteiger partial charge in [0.25, 0.3) is 11.8 Å². The molecule has 7 heteroatoms. The van der Waals surface area contributed by atoms with E-state index in [1.54, 1.807) is 30.3 Å². The maximum Gasteiger partial charge on any atom is 0.264 e. The van der Waals surface area contributed by atoms with Gasteiger partial charge in [-0.05, 0) is 60.2 Å². The normalized spacial score (nSPS) is 16.7. The molecule has 3 N–H and O–H groups in total. The van der Waals surface area contributed by atoms with Crippen LogP contribution in [-0.4, -0.2) is 23.6 Å². The van der Waals surface area contributed by atoms with E-state index in [2.05, 4.69) is 10.3 Å². The molecule has 2 amide bonds. The second kappa shape index (κ2) is 7.88. The van der Waals surface area contributed by atoms with Crippen LogP contribution in [0, 0.1) is 6.92 Å². The molecule has 0 radical (unpaired) electrons. The number of nitrogens with zero attached hydrogens (tertiary/aromatic N) is 1. The topological polar surface area (TPSA) is 93.8 Å². The average molecular weight is 367 g/mol. The van der Waals surface area contributed by atoms with E-state index in [0.717, 1.165) is 16.8 Å². The van der Waals surface area contributed by atoms with Crippen LogP contribution < -0.4 is 15.8 Å². The van der Waals surface area contributed by atoms with Gasteiger partial charge in [-0.15, -0.1) is 0 Å². The van der Waals surface area contributed by atoms with Gasteiger partial charge in [0.2, 0.25) is 0 Å². The van der Waals surface area contributed by atoms with Crippen molar-refractivity contribution < 1.29 is 14.3 Å². The molecule has 0 saturated carbocycles. The summed E-state index contributed by atoms with van der Waals surface area (Å²) in [6, 6.07) is 14.8. The van der Waals surface area contributed by atoms with Crippen LogP contribution in [0.25, 0.3) is 6.08 Å². The van der Waals surface area contributed by atoms with E-state index in [0.29, 0.717) is 15.8 Å². The molecule has 1 heterocycles. The van der Waals surface area contributed by atoms with Crippen LogP contribution in [0.1, 0.15) is 11.1 Å². The fraction of sp³-hybridized carbons (Fsp3) is 0.105. The Morgan fingerprint density at radius 3 is 2.73 bits per heavy atom. The first kappa shape index (κ1) is 17.8. The highest BCUT2D eigenvalue weighted by Crippen LogP contribution is 2.28. The number of benzene rings is 2. The molecule has 2 aromatic carbocycles. The molecule has 2 aromatic rings. The molecule has 1 aliphatic rings. The molecule has 3 rings (SSSR count). The van der Waals surface area contributed by atoms with Crippen LogP contribution in [0.3, 0.4) is 0 Å². The van der Waals surface area contributed by atoms with Gasteiger partial charge in [-0.25, -0.2) is 4.99 Å². The predicted molar refractivity (Wildman–Crippen MR) is 103 cm³/mol. The first-order chi connectivity index (χ1) is 12.5. The average Bonchev–Trinajstić information content (AvgIpc) is 2.93. The largest absolute Gasteiger partial charge is 0.484 e. The van der Waals surface area contributed by atoms with Crippen molar-refractivity contribution in [3.8, 4) is 5.75 Å². The number of ether oxygens (including phenoxy) is 1. The van der Waals surface area contributed by atoms with Gasteiger partial charge in [0.1, 0.15) is 5.75 Å². The van der Waals surface area contributed by atoms with Gasteiger partial charge in [0, 0.05) is 0 Å². The zero-order valence-electron chi connectivity index (χ0n) is 14.1. The zero-order valence-corrected chi connectivity index (χ0v) is 14.9. The predicted octanol–water partition coefficient (Wildman–Crippen LogP) is 2.75. The lowest BCUT2D eigenvalue weighted by atomic mass is 10.2. The third-order valence-electron chi connectivity index (χ3n) is 3.44. The lowest BCUT2D eigenvalue weighted by molar-refractivity contribution is -0.120.